The maximum Gasteiger partial charge on any atom is 0.189 e. The van der Waals surface area contributed by atoms with Gasteiger partial charge in [-0.15, -0.1) is 0 Å². The van der Waals surface area contributed by atoms with E-state index in [0.29, 0.717) is 18.5 Å². The van der Waals surface area contributed by atoms with Gasteiger partial charge >= 0.3 is 0 Å². The Labute approximate surface area is 137 Å². The van der Waals surface area contributed by atoms with Crippen LogP contribution in [0.3, 0.4) is 0 Å². The molecule has 22 heavy (non-hydrogen) atoms. The molecule has 0 radical (unpaired) electrons. The molecule has 1 aromatic rings. The molecule has 5 heteroatoms. The summed E-state index contributed by atoms with van der Waals surface area (Å²) in [4.78, 5) is 4.44. The van der Waals surface area contributed by atoms with Crippen molar-refractivity contribution in [3.05, 3.63) is 35.1 Å². The number of rotatable bonds is 5. The van der Waals surface area contributed by atoms with Crippen LogP contribution in [0.1, 0.15) is 49.7 Å². The molecule has 1 fully saturated rings. The minimum Gasteiger partial charge on any atom is -0.370 e. The second-order valence-corrected chi connectivity index (χ2v) is 6.75. The summed E-state index contributed by atoms with van der Waals surface area (Å²) in [5.41, 5.74) is 8.06. The summed E-state index contributed by atoms with van der Waals surface area (Å²) >= 11 is 1.68. The largest absolute Gasteiger partial charge is 0.370 e. The SMILES string of the molecule is CSCc1cc(F)ccc1CN=C(N)NC1CCCCCC1. The first kappa shape index (κ1) is 17.1. The second-order valence-electron chi connectivity index (χ2n) is 5.88. The van der Waals surface area contributed by atoms with Gasteiger partial charge in [-0.2, -0.15) is 11.8 Å². The highest BCUT2D eigenvalue weighted by Crippen LogP contribution is 2.18. The van der Waals surface area contributed by atoms with Gasteiger partial charge in [-0.25, -0.2) is 9.38 Å². The van der Waals surface area contributed by atoms with Gasteiger partial charge in [-0.1, -0.05) is 31.7 Å². The maximum absolute atomic E-state index is 13.3. The lowest BCUT2D eigenvalue weighted by Gasteiger charge is -2.17. The van der Waals surface area contributed by atoms with Crippen molar-refractivity contribution in [2.75, 3.05) is 6.26 Å². The summed E-state index contributed by atoms with van der Waals surface area (Å²) in [6, 6.07) is 5.34. The number of hydrogen-bond donors (Lipinski definition) is 2. The van der Waals surface area contributed by atoms with E-state index in [2.05, 4.69) is 10.3 Å². The summed E-state index contributed by atoms with van der Waals surface area (Å²) in [7, 11) is 0. The van der Waals surface area contributed by atoms with Crippen LogP contribution in [-0.2, 0) is 12.3 Å². The molecule has 1 saturated carbocycles. The predicted octanol–water partition coefficient (Wildman–Crippen LogP) is 3.82. The summed E-state index contributed by atoms with van der Waals surface area (Å²) < 4.78 is 13.3. The number of nitrogens with one attached hydrogen (secondary N) is 1. The number of aliphatic imine (C=N–C) groups is 1. The molecular formula is C17H26FN3S. The average molecular weight is 323 g/mol. The molecule has 1 aliphatic rings. The lowest BCUT2D eigenvalue weighted by Crippen LogP contribution is -2.39. The van der Waals surface area contributed by atoms with E-state index in [0.717, 1.165) is 16.9 Å². The van der Waals surface area contributed by atoms with Gasteiger partial charge in [0.2, 0.25) is 0 Å². The first-order valence-corrected chi connectivity index (χ1v) is 9.41. The molecule has 0 atom stereocenters. The first-order chi connectivity index (χ1) is 10.7. The fraction of sp³-hybridized carbons (Fsp3) is 0.588. The molecule has 1 aromatic carbocycles. The van der Waals surface area contributed by atoms with Crippen molar-refractivity contribution in [3.63, 3.8) is 0 Å². The van der Waals surface area contributed by atoms with Crippen LogP contribution in [0.2, 0.25) is 0 Å². The van der Waals surface area contributed by atoms with E-state index in [1.165, 1.54) is 44.6 Å². The van der Waals surface area contributed by atoms with E-state index < -0.39 is 0 Å². The smallest absolute Gasteiger partial charge is 0.189 e. The Morgan fingerprint density at radius 2 is 2.00 bits per heavy atom. The third-order valence-electron chi connectivity index (χ3n) is 4.10. The molecule has 0 unspecified atom stereocenters. The Morgan fingerprint density at radius 1 is 1.27 bits per heavy atom. The molecule has 122 valence electrons. The van der Waals surface area contributed by atoms with Crippen molar-refractivity contribution in [1.82, 2.24) is 5.32 Å². The van der Waals surface area contributed by atoms with E-state index in [-0.39, 0.29) is 5.82 Å². The Bertz CT molecular complexity index is 497. The number of hydrogen-bond acceptors (Lipinski definition) is 2. The van der Waals surface area contributed by atoms with Gasteiger partial charge in [0, 0.05) is 11.8 Å². The Kier molecular flexibility index (Phi) is 7.03. The number of nitrogens with zero attached hydrogens (tertiary/aromatic N) is 1. The van der Waals surface area contributed by atoms with Crippen LogP contribution in [0, 0.1) is 5.82 Å². The zero-order chi connectivity index (χ0) is 15.8. The Balaban J connectivity index is 1.94. The van der Waals surface area contributed by atoms with E-state index in [1.807, 2.05) is 12.3 Å². The second kappa shape index (κ2) is 9.03. The van der Waals surface area contributed by atoms with E-state index >= 15 is 0 Å². The van der Waals surface area contributed by atoms with Crippen molar-refractivity contribution < 1.29 is 4.39 Å². The number of halogens is 1. The number of guanidine groups is 1. The van der Waals surface area contributed by atoms with Crippen LogP contribution in [-0.4, -0.2) is 18.3 Å². The van der Waals surface area contributed by atoms with Crippen LogP contribution < -0.4 is 11.1 Å². The van der Waals surface area contributed by atoms with E-state index in [9.17, 15) is 4.39 Å². The van der Waals surface area contributed by atoms with E-state index in [4.69, 9.17) is 5.73 Å². The minimum atomic E-state index is -0.193. The van der Waals surface area contributed by atoms with Gasteiger partial charge in [0.05, 0.1) is 6.54 Å². The molecule has 3 N–H and O–H groups in total. The normalized spacial score (nSPS) is 17.3. The summed E-state index contributed by atoms with van der Waals surface area (Å²) in [5, 5.41) is 3.34. The molecule has 2 rings (SSSR count). The van der Waals surface area contributed by atoms with Crippen molar-refractivity contribution in [3.8, 4) is 0 Å². The molecule has 0 amide bonds. The van der Waals surface area contributed by atoms with Crippen LogP contribution in [0.5, 0.6) is 0 Å². The standard InChI is InChI=1S/C17H26FN3S/c1-22-12-14-10-15(18)9-8-13(14)11-20-17(19)21-16-6-4-2-3-5-7-16/h8-10,16H,2-7,11-12H2,1H3,(H3,19,20,21). The zero-order valence-corrected chi connectivity index (χ0v) is 14.1. The molecule has 3 nitrogen and oxygen atoms in total. The van der Waals surface area contributed by atoms with Crippen molar-refractivity contribution >= 4 is 17.7 Å². The van der Waals surface area contributed by atoms with Gasteiger partial charge < -0.3 is 11.1 Å². The molecule has 0 heterocycles. The summed E-state index contributed by atoms with van der Waals surface area (Å²) in [6.07, 6.45) is 9.53. The summed E-state index contributed by atoms with van der Waals surface area (Å²) in [5.74, 6) is 1.10. The molecule has 0 aliphatic heterocycles. The van der Waals surface area contributed by atoms with Gasteiger partial charge in [-0.05, 0) is 42.4 Å². The maximum atomic E-state index is 13.3. The molecule has 0 aromatic heterocycles. The number of nitrogens with two attached hydrogens (primary N) is 1. The zero-order valence-electron chi connectivity index (χ0n) is 13.3. The van der Waals surface area contributed by atoms with Gasteiger partial charge in [0.15, 0.2) is 5.96 Å². The van der Waals surface area contributed by atoms with Gasteiger partial charge in [-0.3, -0.25) is 0 Å². The third kappa shape index (κ3) is 5.52. The van der Waals surface area contributed by atoms with E-state index in [1.54, 1.807) is 17.8 Å². The van der Waals surface area contributed by atoms with Crippen LogP contribution >= 0.6 is 11.8 Å². The molecule has 0 saturated heterocycles. The molecule has 0 spiro atoms. The van der Waals surface area contributed by atoms with Crippen molar-refractivity contribution in [1.29, 1.82) is 0 Å². The number of benzene rings is 1. The van der Waals surface area contributed by atoms with Crippen LogP contribution in [0.4, 0.5) is 4.39 Å². The molecule has 0 bridgehead atoms. The third-order valence-corrected chi connectivity index (χ3v) is 4.69. The number of thioether (sulfide) groups is 1. The van der Waals surface area contributed by atoms with Crippen LogP contribution in [0.25, 0.3) is 0 Å². The lowest BCUT2D eigenvalue weighted by atomic mass is 10.1. The predicted molar refractivity (Wildman–Crippen MR) is 93.6 cm³/mol. The first-order valence-electron chi connectivity index (χ1n) is 8.01. The quantitative estimate of drug-likeness (QED) is 0.492. The highest BCUT2D eigenvalue weighted by Gasteiger charge is 2.12. The fourth-order valence-electron chi connectivity index (χ4n) is 2.89. The summed E-state index contributed by atoms with van der Waals surface area (Å²) in [6.45, 7) is 0.502. The lowest BCUT2D eigenvalue weighted by molar-refractivity contribution is 0.530. The highest BCUT2D eigenvalue weighted by atomic mass is 32.2. The van der Waals surface area contributed by atoms with Gasteiger partial charge in [0.25, 0.3) is 0 Å². The fourth-order valence-corrected chi connectivity index (χ4v) is 3.47. The van der Waals surface area contributed by atoms with Gasteiger partial charge in [0.1, 0.15) is 5.82 Å². The van der Waals surface area contributed by atoms with Crippen molar-refractivity contribution in [2.45, 2.75) is 56.9 Å². The topological polar surface area (TPSA) is 50.4 Å². The Hall–Kier alpha value is -1.23. The van der Waals surface area contributed by atoms with Crippen LogP contribution in [0.15, 0.2) is 23.2 Å². The molecular weight excluding hydrogens is 297 g/mol. The molecule has 1 aliphatic carbocycles. The average Bonchev–Trinajstić information content (AvgIpc) is 2.75. The van der Waals surface area contributed by atoms with Crippen molar-refractivity contribution in [2.24, 2.45) is 10.7 Å². The highest BCUT2D eigenvalue weighted by molar-refractivity contribution is 7.97. The Morgan fingerprint density at radius 3 is 2.68 bits per heavy atom. The monoisotopic (exact) mass is 323 g/mol. The minimum absolute atomic E-state index is 0.193.